The van der Waals surface area contributed by atoms with Gasteiger partial charge in [0, 0.05) is 13.2 Å². The zero-order valence-electron chi connectivity index (χ0n) is 14.7. The summed E-state index contributed by atoms with van der Waals surface area (Å²) in [5.74, 6) is 0.115. The summed E-state index contributed by atoms with van der Waals surface area (Å²) in [6, 6.07) is 12.5. The van der Waals surface area contributed by atoms with Crippen LogP contribution in [0.5, 0.6) is 5.75 Å². The van der Waals surface area contributed by atoms with E-state index in [-0.39, 0.29) is 16.3 Å². The first-order valence-electron chi connectivity index (χ1n) is 7.94. The van der Waals surface area contributed by atoms with E-state index in [1.54, 1.807) is 54.2 Å². The van der Waals surface area contributed by atoms with Gasteiger partial charge in [0.25, 0.3) is 15.9 Å². The molecule has 8 nitrogen and oxygen atoms in total. The number of carbonyl (C=O) groups excluding carboxylic acids is 1. The Morgan fingerprint density at radius 1 is 1.07 bits per heavy atom. The van der Waals surface area contributed by atoms with Crippen molar-refractivity contribution in [1.82, 2.24) is 9.55 Å². The third kappa shape index (κ3) is 4.26. The Morgan fingerprint density at radius 3 is 2.33 bits per heavy atom. The number of imidazole rings is 1. The Bertz CT molecular complexity index is 1060. The average molecular weight is 386 g/mol. The highest BCUT2D eigenvalue weighted by Crippen LogP contribution is 2.25. The number of para-hydroxylation sites is 2. The number of aryl methyl sites for hydroxylation is 1. The van der Waals surface area contributed by atoms with Gasteiger partial charge < -0.3 is 14.6 Å². The lowest BCUT2D eigenvalue weighted by atomic mass is 10.2. The van der Waals surface area contributed by atoms with Crippen LogP contribution in [-0.2, 0) is 17.1 Å². The van der Waals surface area contributed by atoms with Crippen LogP contribution in [0.2, 0.25) is 0 Å². The summed E-state index contributed by atoms with van der Waals surface area (Å²) in [5, 5.41) is 2.67. The van der Waals surface area contributed by atoms with Crippen LogP contribution < -0.4 is 14.8 Å². The summed E-state index contributed by atoms with van der Waals surface area (Å²) in [7, 11) is -0.581. The van der Waals surface area contributed by atoms with Crippen LogP contribution in [0.15, 0.2) is 66.0 Å². The van der Waals surface area contributed by atoms with Crippen LogP contribution in [0, 0.1) is 0 Å². The van der Waals surface area contributed by atoms with Crippen LogP contribution in [0.3, 0.4) is 0 Å². The topological polar surface area (TPSA) is 102 Å². The number of rotatable bonds is 6. The molecule has 0 radical (unpaired) electrons. The third-order valence-electron chi connectivity index (χ3n) is 3.73. The summed E-state index contributed by atoms with van der Waals surface area (Å²) < 4.78 is 34.4. The molecule has 2 aromatic carbocycles. The van der Waals surface area contributed by atoms with E-state index in [4.69, 9.17) is 4.74 Å². The highest BCUT2D eigenvalue weighted by atomic mass is 32.2. The molecule has 27 heavy (non-hydrogen) atoms. The van der Waals surface area contributed by atoms with Crippen molar-refractivity contribution in [3.8, 4) is 5.75 Å². The van der Waals surface area contributed by atoms with Crippen molar-refractivity contribution in [2.45, 2.75) is 4.90 Å². The minimum absolute atomic E-state index is 0.0779. The second kappa shape index (κ2) is 7.50. The lowest BCUT2D eigenvalue weighted by molar-refractivity contribution is 0.102. The average Bonchev–Trinajstić information content (AvgIpc) is 3.10. The van der Waals surface area contributed by atoms with Crippen molar-refractivity contribution >= 4 is 27.3 Å². The van der Waals surface area contributed by atoms with Gasteiger partial charge in [-0.2, -0.15) is 0 Å². The van der Waals surface area contributed by atoms with Crippen molar-refractivity contribution in [3.63, 3.8) is 0 Å². The maximum absolute atomic E-state index is 12.6. The van der Waals surface area contributed by atoms with Crippen molar-refractivity contribution in [3.05, 3.63) is 66.7 Å². The first-order valence-corrected chi connectivity index (χ1v) is 9.42. The molecule has 2 N–H and O–H groups in total. The molecule has 1 aromatic heterocycles. The van der Waals surface area contributed by atoms with Gasteiger partial charge in [-0.15, -0.1) is 0 Å². The molecule has 0 spiro atoms. The number of carbonyl (C=O) groups is 1. The standard InChI is InChI=1S/C18H18N4O4S/c1-22-11-17(19-12-22)18(23)20-15-5-3-4-6-16(15)21-27(24,25)14-9-7-13(26-2)8-10-14/h3-12,21H,1-2H3,(H,20,23). The van der Waals surface area contributed by atoms with Gasteiger partial charge in [0.15, 0.2) is 0 Å². The molecular weight excluding hydrogens is 368 g/mol. The minimum atomic E-state index is -3.83. The molecule has 0 atom stereocenters. The summed E-state index contributed by atoms with van der Waals surface area (Å²) in [6.07, 6.45) is 3.08. The molecule has 3 rings (SSSR count). The number of hydrogen-bond acceptors (Lipinski definition) is 5. The van der Waals surface area contributed by atoms with Crippen LogP contribution >= 0.6 is 0 Å². The Balaban J connectivity index is 1.83. The summed E-state index contributed by atoms with van der Waals surface area (Å²) in [5.41, 5.74) is 0.799. The van der Waals surface area contributed by atoms with E-state index in [1.165, 1.54) is 25.6 Å². The molecule has 9 heteroatoms. The van der Waals surface area contributed by atoms with E-state index < -0.39 is 15.9 Å². The number of sulfonamides is 1. The number of aromatic nitrogens is 2. The van der Waals surface area contributed by atoms with Gasteiger partial charge in [0.05, 0.1) is 29.7 Å². The summed E-state index contributed by atoms with van der Waals surface area (Å²) in [4.78, 5) is 16.4. The zero-order chi connectivity index (χ0) is 19.4. The predicted octanol–water partition coefficient (Wildman–Crippen LogP) is 2.48. The second-order valence-electron chi connectivity index (χ2n) is 5.71. The van der Waals surface area contributed by atoms with Gasteiger partial charge in [-0.05, 0) is 36.4 Å². The van der Waals surface area contributed by atoms with Gasteiger partial charge in [0.2, 0.25) is 0 Å². The lowest BCUT2D eigenvalue weighted by Crippen LogP contribution is -2.17. The number of nitrogens with zero attached hydrogens (tertiary/aromatic N) is 2. The highest BCUT2D eigenvalue weighted by Gasteiger charge is 2.17. The highest BCUT2D eigenvalue weighted by molar-refractivity contribution is 7.92. The lowest BCUT2D eigenvalue weighted by Gasteiger charge is -2.13. The molecule has 0 aliphatic carbocycles. The molecular formula is C18H18N4O4S. The molecule has 0 bridgehead atoms. The fraction of sp³-hybridized carbons (Fsp3) is 0.111. The number of hydrogen-bond donors (Lipinski definition) is 2. The van der Waals surface area contributed by atoms with Gasteiger partial charge in [-0.25, -0.2) is 13.4 Å². The molecule has 1 amide bonds. The Labute approximate surface area is 156 Å². The number of amides is 1. The number of methoxy groups -OCH3 is 1. The fourth-order valence-corrected chi connectivity index (χ4v) is 3.44. The maximum atomic E-state index is 12.6. The molecule has 1 heterocycles. The summed E-state index contributed by atoms with van der Waals surface area (Å²) in [6.45, 7) is 0. The van der Waals surface area contributed by atoms with E-state index in [0.717, 1.165) is 0 Å². The van der Waals surface area contributed by atoms with Crippen LogP contribution in [-0.4, -0.2) is 31.0 Å². The molecule has 140 valence electrons. The molecule has 0 saturated heterocycles. The van der Waals surface area contributed by atoms with Gasteiger partial charge in [-0.1, -0.05) is 12.1 Å². The smallest absolute Gasteiger partial charge is 0.275 e. The van der Waals surface area contributed by atoms with E-state index in [2.05, 4.69) is 15.0 Å². The maximum Gasteiger partial charge on any atom is 0.275 e. The largest absolute Gasteiger partial charge is 0.497 e. The zero-order valence-corrected chi connectivity index (χ0v) is 15.5. The summed E-state index contributed by atoms with van der Waals surface area (Å²) >= 11 is 0. The first kappa shape index (κ1) is 18.5. The number of ether oxygens (including phenoxy) is 1. The van der Waals surface area contributed by atoms with Gasteiger partial charge >= 0.3 is 0 Å². The Morgan fingerprint density at radius 2 is 1.74 bits per heavy atom. The van der Waals surface area contributed by atoms with E-state index in [9.17, 15) is 13.2 Å². The predicted molar refractivity (Wildman–Crippen MR) is 101 cm³/mol. The monoisotopic (exact) mass is 386 g/mol. The number of nitrogens with one attached hydrogen (secondary N) is 2. The normalized spacial score (nSPS) is 11.0. The molecule has 0 aliphatic rings. The molecule has 0 unspecified atom stereocenters. The molecule has 3 aromatic rings. The van der Waals surface area contributed by atoms with Crippen LogP contribution in [0.25, 0.3) is 0 Å². The van der Waals surface area contributed by atoms with Crippen LogP contribution in [0.1, 0.15) is 10.5 Å². The first-order chi connectivity index (χ1) is 12.9. The molecule has 0 aliphatic heterocycles. The number of benzene rings is 2. The van der Waals surface area contributed by atoms with E-state index >= 15 is 0 Å². The van der Waals surface area contributed by atoms with Crippen molar-refractivity contribution in [1.29, 1.82) is 0 Å². The number of anilines is 2. The SMILES string of the molecule is COc1ccc(S(=O)(=O)Nc2ccccc2NC(=O)c2cn(C)cn2)cc1. The second-order valence-corrected chi connectivity index (χ2v) is 7.39. The molecule has 0 saturated carbocycles. The molecule has 0 fully saturated rings. The van der Waals surface area contributed by atoms with Crippen molar-refractivity contribution in [2.75, 3.05) is 17.1 Å². The van der Waals surface area contributed by atoms with E-state index in [0.29, 0.717) is 11.4 Å². The quantitative estimate of drug-likeness (QED) is 0.678. The van der Waals surface area contributed by atoms with Gasteiger partial charge in [-0.3, -0.25) is 9.52 Å². The fourth-order valence-electron chi connectivity index (χ4n) is 2.36. The van der Waals surface area contributed by atoms with Crippen LogP contribution in [0.4, 0.5) is 11.4 Å². The Hall–Kier alpha value is -3.33. The van der Waals surface area contributed by atoms with Crippen molar-refractivity contribution < 1.29 is 17.9 Å². The Kier molecular flexibility index (Phi) is 5.13. The van der Waals surface area contributed by atoms with Gasteiger partial charge in [0.1, 0.15) is 11.4 Å². The third-order valence-corrected chi connectivity index (χ3v) is 5.11. The minimum Gasteiger partial charge on any atom is -0.497 e. The van der Waals surface area contributed by atoms with Crippen molar-refractivity contribution in [2.24, 2.45) is 7.05 Å². The van der Waals surface area contributed by atoms with E-state index in [1.807, 2.05) is 0 Å².